The average molecular weight is 204 g/mol. The number of nitrogens with zero attached hydrogens (tertiary/aromatic N) is 2. The summed E-state index contributed by atoms with van der Waals surface area (Å²) in [5.41, 5.74) is 1.28. The molecule has 0 fully saturated rings. The van der Waals surface area contributed by atoms with Crippen LogP contribution in [-0.4, -0.2) is 16.1 Å². The number of benzene rings is 1. The van der Waals surface area contributed by atoms with Gasteiger partial charge in [0.25, 0.3) is 0 Å². The van der Waals surface area contributed by atoms with E-state index in [0.717, 1.165) is 0 Å². The van der Waals surface area contributed by atoms with Crippen LogP contribution in [0.2, 0.25) is 0 Å². The highest BCUT2D eigenvalue weighted by atomic mass is 19.1. The Morgan fingerprint density at radius 3 is 2.80 bits per heavy atom. The van der Waals surface area contributed by atoms with Crippen LogP contribution in [0.5, 0.6) is 0 Å². The van der Waals surface area contributed by atoms with Crippen molar-refractivity contribution in [3.63, 3.8) is 0 Å². The van der Waals surface area contributed by atoms with E-state index < -0.39 is 0 Å². The van der Waals surface area contributed by atoms with Crippen LogP contribution in [0.25, 0.3) is 11.3 Å². The first-order valence-corrected chi connectivity index (χ1v) is 4.46. The molecule has 15 heavy (non-hydrogen) atoms. The van der Waals surface area contributed by atoms with E-state index in [2.05, 4.69) is 5.10 Å². The van der Waals surface area contributed by atoms with Gasteiger partial charge in [-0.3, -0.25) is 9.48 Å². The van der Waals surface area contributed by atoms with E-state index in [9.17, 15) is 9.18 Å². The molecular formula is C11H9FN2O. The van der Waals surface area contributed by atoms with Crippen molar-refractivity contribution >= 4 is 6.29 Å². The topological polar surface area (TPSA) is 34.9 Å². The molecular weight excluding hydrogens is 195 g/mol. The Bertz CT molecular complexity index is 505. The summed E-state index contributed by atoms with van der Waals surface area (Å²) in [6.07, 6.45) is 2.10. The Hall–Kier alpha value is -1.97. The van der Waals surface area contributed by atoms with Gasteiger partial charge in [-0.05, 0) is 12.1 Å². The van der Waals surface area contributed by atoms with Crippen molar-refractivity contribution in [3.05, 3.63) is 41.8 Å². The second kappa shape index (κ2) is 3.65. The van der Waals surface area contributed by atoms with Crippen LogP contribution in [0.15, 0.2) is 30.5 Å². The number of aromatic nitrogens is 2. The second-order valence-electron chi connectivity index (χ2n) is 3.17. The summed E-state index contributed by atoms with van der Waals surface area (Å²) in [6.45, 7) is 0. The van der Waals surface area contributed by atoms with Gasteiger partial charge in [0.05, 0.1) is 17.5 Å². The zero-order valence-corrected chi connectivity index (χ0v) is 8.14. The quantitative estimate of drug-likeness (QED) is 0.701. The number of aldehydes is 1. The van der Waals surface area contributed by atoms with Gasteiger partial charge in [0, 0.05) is 12.6 Å². The summed E-state index contributed by atoms with van der Waals surface area (Å²) in [4.78, 5) is 10.7. The molecule has 0 saturated carbocycles. The van der Waals surface area contributed by atoms with Gasteiger partial charge in [-0.15, -0.1) is 0 Å². The minimum absolute atomic E-state index is 0.357. The van der Waals surface area contributed by atoms with E-state index in [1.165, 1.54) is 16.9 Å². The van der Waals surface area contributed by atoms with Crippen LogP contribution in [0.1, 0.15) is 10.4 Å². The number of halogens is 1. The molecule has 0 radical (unpaired) electrons. The van der Waals surface area contributed by atoms with Crippen LogP contribution in [-0.2, 0) is 7.05 Å². The van der Waals surface area contributed by atoms with Gasteiger partial charge in [0.15, 0.2) is 6.29 Å². The van der Waals surface area contributed by atoms with Crippen LogP contribution >= 0.6 is 0 Å². The Balaban J connectivity index is 2.68. The molecule has 0 atom stereocenters. The lowest BCUT2D eigenvalue weighted by Gasteiger charge is -2.04. The van der Waals surface area contributed by atoms with Crippen molar-refractivity contribution in [2.75, 3.05) is 0 Å². The minimum Gasteiger partial charge on any atom is -0.298 e. The van der Waals surface area contributed by atoms with E-state index >= 15 is 0 Å². The van der Waals surface area contributed by atoms with Gasteiger partial charge < -0.3 is 0 Å². The lowest BCUT2D eigenvalue weighted by Crippen LogP contribution is -1.97. The average Bonchev–Trinajstić information content (AvgIpc) is 2.60. The van der Waals surface area contributed by atoms with Crippen LogP contribution < -0.4 is 0 Å². The van der Waals surface area contributed by atoms with E-state index in [1.54, 1.807) is 25.2 Å². The molecule has 0 unspecified atom stereocenters. The molecule has 1 aromatic carbocycles. The lowest BCUT2D eigenvalue weighted by atomic mass is 10.1. The van der Waals surface area contributed by atoms with Crippen molar-refractivity contribution in [1.29, 1.82) is 0 Å². The fourth-order valence-corrected chi connectivity index (χ4v) is 1.52. The predicted octanol–water partition coefficient (Wildman–Crippen LogP) is 2.04. The molecule has 2 aromatic rings. The Morgan fingerprint density at radius 1 is 1.40 bits per heavy atom. The highest BCUT2D eigenvalue weighted by Crippen LogP contribution is 2.24. The summed E-state index contributed by atoms with van der Waals surface area (Å²) in [5, 5.41) is 3.92. The third-order valence-electron chi connectivity index (χ3n) is 2.22. The molecule has 0 aliphatic heterocycles. The van der Waals surface area contributed by atoms with Crippen molar-refractivity contribution in [1.82, 2.24) is 9.78 Å². The Kier molecular flexibility index (Phi) is 2.33. The summed E-state index contributed by atoms with van der Waals surface area (Å²) >= 11 is 0. The molecule has 0 aliphatic carbocycles. The second-order valence-corrected chi connectivity index (χ2v) is 3.17. The van der Waals surface area contributed by atoms with Crippen molar-refractivity contribution in [2.24, 2.45) is 7.05 Å². The van der Waals surface area contributed by atoms with Crippen molar-refractivity contribution < 1.29 is 9.18 Å². The predicted molar refractivity (Wildman–Crippen MR) is 54.0 cm³/mol. The molecule has 0 aliphatic rings. The Labute approximate surface area is 86.2 Å². The Morgan fingerprint density at radius 2 is 2.13 bits per heavy atom. The van der Waals surface area contributed by atoms with Crippen LogP contribution in [0, 0.1) is 5.82 Å². The zero-order valence-electron chi connectivity index (χ0n) is 8.14. The van der Waals surface area contributed by atoms with Gasteiger partial charge >= 0.3 is 0 Å². The fraction of sp³-hybridized carbons (Fsp3) is 0.0909. The fourth-order valence-electron chi connectivity index (χ4n) is 1.52. The monoisotopic (exact) mass is 204 g/mol. The third kappa shape index (κ3) is 1.54. The molecule has 76 valence electrons. The molecule has 3 nitrogen and oxygen atoms in total. The number of carbonyl (C=O) groups is 1. The minimum atomic E-state index is -0.357. The largest absolute Gasteiger partial charge is 0.298 e. The molecule has 0 bridgehead atoms. The van der Waals surface area contributed by atoms with Gasteiger partial charge in [-0.2, -0.15) is 5.10 Å². The number of hydrogen-bond acceptors (Lipinski definition) is 2. The highest BCUT2D eigenvalue weighted by Gasteiger charge is 2.13. The first-order chi connectivity index (χ1) is 7.24. The normalized spacial score (nSPS) is 10.3. The van der Waals surface area contributed by atoms with E-state index in [4.69, 9.17) is 0 Å². The lowest BCUT2D eigenvalue weighted by molar-refractivity contribution is 0.112. The van der Waals surface area contributed by atoms with Crippen LogP contribution in [0.4, 0.5) is 4.39 Å². The molecule has 0 saturated heterocycles. The molecule has 4 heteroatoms. The van der Waals surface area contributed by atoms with Crippen molar-refractivity contribution in [2.45, 2.75) is 0 Å². The van der Waals surface area contributed by atoms with Gasteiger partial charge in [-0.25, -0.2) is 4.39 Å². The van der Waals surface area contributed by atoms with Crippen molar-refractivity contribution in [3.8, 4) is 11.3 Å². The number of rotatable bonds is 2. The number of carbonyl (C=O) groups excluding carboxylic acids is 1. The SMILES string of the molecule is Cn1ncc(C=O)c1-c1ccccc1F. The first-order valence-electron chi connectivity index (χ1n) is 4.46. The smallest absolute Gasteiger partial charge is 0.153 e. The summed E-state index contributed by atoms with van der Waals surface area (Å²) in [6, 6.07) is 6.31. The molecule has 2 rings (SSSR count). The zero-order chi connectivity index (χ0) is 10.8. The van der Waals surface area contributed by atoms with E-state index in [-0.39, 0.29) is 5.82 Å². The van der Waals surface area contributed by atoms with Gasteiger partial charge in [0.1, 0.15) is 5.82 Å². The summed E-state index contributed by atoms with van der Waals surface area (Å²) in [5.74, 6) is -0.357. The van der Waals surface area contributed by atoms with Crippen LogP contribution in [0.3, 0.4) is 0 Å². The van der Waals surface area contributed by atoms with E-state index in [1.807, 2.05) is 0 Å². The molecule has 1 heterocycles. The van der Waals surface area contributed by atoms with E-state index in [0.29, 0.717) is 23.1 Å². The standard InChI is InChI=1S/C11H9FN2O/c1-14-11(8(7-15)6-13-14)9-4-2-3-5-10(9)12/h2-7H,1H3. The molecule has 0 amide bonds. The maximum atomic E-state index is 13.5. The van der Waals surface area contributed by atoms with Gasteiger partial charge in [-0.1, -0.05) is 12.1 Å². The first kappa shape index (κ1) is 9.58. The highest BCUT2D eigenvalue weighted by molar-refractivity contribution is 5.85. The number of hydrogen-bond donors (Lipinski definition) is 0. The molecule has 1 aromatic heterocycles. The molecule has 0 N–H and O–H groups in total. The summed E-state index contributed by atoms with van der Waals surface area (Å²) < 4.78 is 15.0. The maximum absolute atomic E-state index is 13.5. The van der Waals surface area contributed by atoms with Gasteiger partial charge in [0.2, 0.25) is 0 Å². The maximum Gasteiger partial charge on any atom is 0.153 e. The number of aryl methyl sites for hydroxylation is 1. The third-order valence-corrected chi connectivity index (χ3v) is 2.22. The summed E-state index contributed by atoms with van der Waals surface area (Å²) in [7, 11) is 1.68. The molecule has 0 spiro atoms.